The van der Waals surface area contributed by atoms with E-state index in [0.29, 0.717) is 0 Å². The van der Waals surface area contributed by atoms with Crippen molar-refractivity contribution in [1.29, 1.82) is 5.26 Å². The molecule has 0 bridgehead atoms. The molecule has 3 heteroatoms. The smallest absolute Gasteiger partial charge is 0.152 e. The molecule has 0 fully saturated rings. The molecule has 1 nitrogen and oxygen atoms in total. The molecule has 0 amide bonds. The third kappa shape index (κ3) is 2.69. The summed E-state index contributed by atoms with van der Waals surface area (Å²) < 4.78 is 12.4. The fourth-order valence-corrected chi connectivity index (χ4v) is 1.25. The van der Waals surface area contributed by atoms with Crippen molar-refractivity contribution in [2.24, 2.45) is 0 Å². The van der Waals surface area contributed by atoms with Crippen molar-refractivity contribution >= 4 is 11.3 Å². The number of aryl methyl sites for hydroxylation is 1. The summed E-state index contributed by atoms with van der Waals surface area (Å²) in [6.45, 7) is 5.77. The van der Waals surface area contributed by atoms with E-state index in [1.54, 1.807) is 13.0 Å². The molecule has 60 valence electrons. The fraction of sp³-hybridized carbons (Fsp3) is 0.375. The Labute approximate surface area is 70.1 Å². The normalized spacial score (nSPS) is 7.91. The number of rotatable bonds is 0. The highest BCUT2D eigenvalue weighted by molar-refractivity contribution is 7.12. The summed E-state index contributed by atoms with van der Waals surface area (Å²) in [6.07, 6.45) is 0. The predicted octanol–water partition coefficient (Wildman–Crippen LogP) is 3.09. The minimum absolute atomic E-state index is 0.174. The second-order valence-corrected chi connectivity index (χ2v) is 2.90. The lowest BCUT2D eigenvalue weighted by Crippen LogP contribution is -1.66. The number of halogens is 1. The van der Waals surface area contributed by atoms with E-state index in [4.69, 9.17) is 5.26 Å². The van der Waals surface area contributed by atoms with Crippen LogP contribution in [0.25, 0.3) is 0 Å². The maximum atomic E-state index is 12.4. The maximum Gasteiger partial charge on any atom is 0.152 e. The van der Waals surface area contributed by atoms with Gasteiger partial charge in [0.1, 0.15) is 10.9 Å². The highest BCUT2D eigenvalue weighted by atomic mass is 32.1. The van der Waals surface area contributed by atoms with Gasteiger partial charge in [-0.15, -0.1) is 11.3 Å². The van der Waals surface area contributed by atoms with Gasteiger partial charge in [0.2, 0.25) is 0 Å². The van der Waals surface area contributed by atoms with Crippen LogP contribution in [-0.2, 0) is 0 Å². The van der Waals surface area contributed by atoms with Crippen molar-refractivity contribution in [3.63, 3.8) is 0 Å². The maximum absolute atomic E-state index is 12.4. The standard InChI is InChI=1S/C6H4FNS.C2H6/c1-4-2-5(7)6(3-8)9-4;1-2/h2H,1H3;1-2H3. The molecule has 0 aliphatic carbocycles. The molecule has 0 aromatic carbocycles. The van der Waals surface area contributed by atoms with Crippen LogP contribution in [0.1, 0.15) is 23.6 Å². The summed E-state index contributed by atoms with van der Waals surface area (Å²) in [7, 11) is 0. The minimum atomic E-state index is -0.403. The molecule has 0 N–H and O–H groups in total. The molecule has 11 heavy (non-hydrogen) atoms. The Hall–Kier alpha value is -0.880. The molecule has 1 heterocycles. The first-order valence-corrected chi connectivity index (χ1v) is 4.21. The van der Waals surface area contributed by atoms with Gasteiger partial charge in [-0.05, 0) is 13.0 Å². The highest BCUT2D eigenvalue weighted by Crippen LogP contribution is 2.18. The van der Waals surface area contributed by atoms with Crippen LogP contribution in [0, 0.1) is 24.1 Å². The van der Waals surface area contributed by atoms with E-state index in [1.807, 2.05) is 13.8 Å². The monoisotopic (exact) mass is 171 g/mol. The molecule has 0 saturated carbocycles. The van der Waals surface area contributed by atoms with Crippen LogP contribution in [0.5, 0.6) is 0 Å². The Kier molecular flexibility index (Phi) is 4.47. The second kappa shape index (κ2) is 4.86. The van der Waals surface area contributed by atoms with Gasteiger partial charge < -0.3 is 0 Å². The van der Waals surface area contributed by atoms with Gasteiger partial charge in [0.25, 0.3) is 0 Å². The average molecular weight is 171 g/mol. The molecule has 0 aliphatic rings. The number of hydrogen-bond donors (Lipinski definition) is 0. The minimum Gasteiger partial charge on any atom is -0.205 e. The topological polar surface area (TPSA) is 23.8 Å². The zero-order chi connectivity index (χ0) is 8.85. The van der Waals surface area contributed by atoms with Crippen molar-refractivity contribution < 1.29 is 4.39 Å². The van der Waals surface area contributed by atoms with Crippen molar-refractivity contribution in [3.8, 4) is 6.07 Å². The molecule has 1 aromatic rings. The van der Waals surface area contributed by atoms with Crippen LogP contribution in [0.2, 0.25) is 0 Å². The van der Waals surface area contributed by atoms with E-state index in [9.17, 15) is 4.39 Å². The average Bonchev–Trinajstić information content (AvgIpc) is 2.33. The summed E-state index contributed by atoms with van der Waals surface area (Å²) >= 11 is 1.18. The molecule has 0 atom stereocenters. The Balaban J connectivity index is 0.000000461. The van der Waals surface area contributed by atoms with E-state index in [-0.39, 0.29) is 4.88 Å². The Morgan fingerprint density at radius 2 is 2.09 bits per heavy atom. The predicted molar refractivity (Wildman–Crippen MR) is 45.1 cm³/mol. The first-order valence-electron chi connectivity index (χ1n) is 3.40. The van der Waals surface area contributed by atoms with E-state index in [0.717, 1.165) is 4.88 Å². The Bertz CT molecular complexity index is 260. The number of nitriles is 1. The summed E-state index contributed by atoms with van der Waals surface area (Å²) in [5, 5.41) is 8.25. The van der Waals surface area contributed by atoms with Gasteiger partial charge in [-0.3, -0.25) is 0 Å². The van der Waals surface area contributed by atoms with Crippen molar-refractivity contribution in [2.75, 3.05) is 0 Å². The first-order chi connectivity index (χ1) is 5.24. The zero-order valence-electron chi connectivity index (χ0n) is 6.81. The van der Waals surface area contributed by atoms with Crippen LogP contribution in [-0.4, -0.2) is 0 Å². The molecule has 0 unspecified atom stereocenters. The largest absolute Gasteiger partial charge is 0.205 e. The van der Waals surface area contributed by atoms with Gasteiger partial charge in [0.05, 0.1) is 0 Å². The molecule has 1 aromatic heterocycles. The van der Waals surface area contributed by atoms with Crippen molar-refractivity contribution in [3.05, 3.63) is 21.6 Å². The van der Waals surface area contributed by atoms with Crippen LogP contribution in [0.3, 0.4) is 0 Å². The quantitative estimate of drug-likeness (QED) is 0.588. The van der Waals surface area contributed by atoms with Gasteiger partial charge in [-0.1, -0.05) is 13.8 Å². The van der Waals surface area contributed by atoms with Crippen molar-refractivity contribution in [1.82, 2.24) is 0 Å². The summed E-state index contributed by atoms with van der Waals surface area (Å²) in [6, 6.07) is 3.12. The third-order valence-electron chi connectivity index (χ3n) is 0.911. The fourth-order valence-electron chi connectivity index (χ4n) is 0.559. The molecule has 0 saturated heterocycles. The first kappa shape index (κ1) is 10.1. The van der Waals surface area contributed by atoms with Gasteiger partial charge in [-0.25, -0.2) is 4.39 Å². The van der Waals surface area contributed by atoms with E-state index < -0.39 is 5.82 Å². The van der Waals surface area contributed by atoms with E-state index in [1.165, 1.54) is 17.4 Å². The van der Waals surface area contributed by atoms with Crippen LogP contribution >= 0.6 is 11.3 Å². The van der Waals surface area contributed by atoms with Gasteiger partial charge in [0.15, 0.2) is 5.82 Å². The molecule has 1 rings (SSSR count). The van der Waals surface area contributed by atoms with Gasteiger partial charge in [0, 0.05) is 4.88 Å². The Morgan fingerprint density at radius 1 is 1.55 bits per heavy atom. The third-order valence-corrected chi connectivity index (χ3v) is 1.84. The number of nitrogens with zero attached hydrogens (tertiary/aromatic N) is 1. The van der Waals surface area contributed by atoms with Crippen LogP contribution in [0.4, 0.5) is 4.39 Å². The molecule has 0 spiro atoms. The second-order valence-electron chi connectivity index (χ2n) is 1.65. The summed E-state index contributed by atoms with van der Waals surface area (Å²) in [5.74, 6) is -0.403. The highest BCUT2D eigenvalue weighted by Gasteiger charge is 2.03. The summed E-state index contributed by atoms with van der Waals surface area (Å²) in [5.41, 5.74) is 0. The lowest BCUT2D eigenvalue weighted by molar-refractivity contribution is 0.629. The van der Waals surface area contributed by atoms with Crippen LogP contribution < -0.4 is 0 Å². The van der Waals surface area contributed by atoms with Gasteiger partial charge >= 0.3 is 0 Å². The molecular weight excluding hydrogens is 161 g/mol. The van der Waals surface area contributed by atoms with E-state index in [2.05, 4.69) is 0 Å². The van der Waals surface area contributed by atoms with Crippen LogP contribution in [0.15, 0.2) is 6.07 Å². The summed E-state index contributed by atoms with van der Waals surface area (Å²) in [4.78, 5) is 1.01. The SMILES string of the molecule is CC.Cc1cc(F)c(C#N)s1. The number of hydrogen-bond acceptors (Lipinski definition) is 2. The zero-order valence-corrected chi connectivity index (χ0v) is 7.63. The molecule has 0 aliphatic heterocycles. The molecule has 0 radical (unpaired) electrons. The lowest BCUT2D eigenvalue weighted by atomic mass is 10.4. The van der Waals surface area contributed by atoms with Gasteiger partial charge in [-0.2, -0.15) is 5.26 Å². The number of thiophene rings is 1. The Morgan fingerprint density at radius 3 is 2.27 bits per heavy atom. The lowest BCUT2D eigenvalue weighted by Gasteiger charge is -1.72. The molecular formula is C8H10FNS. The van der Waals surface area contributed by atoms with Crippen molar-refractivity contribution in [2.45, 2.75) is 20.8 Å². The van der Waals surface area contributed by atoms with E-state index >= 15 is 0 Å².